The Kier molecular flexibility index (Phi) is 4.74. The lowest BCUT2D eigenvalue weighted by molar-refractivity contribution is -0.385. The number of rotatable bonds is 7. The zero-order valence-corrected chi connectivity index (χ0v) is 11.7. The molecule has 2 N–H and O–H groups in total. The molecular weight excluding hydrogens is 276 g/mol. The summed E-state index contributed by atoms with van der Waals surface area (Å²) in [5.74, 6) is -0.271. The Morgan fingerprint density at radius 2 is 2.29 bits per heavy atom. The quantitative estimate of drug-likeness (QED) is 0.586. The largest absolute Gasteiger partial charge is 0.487 e. The van der Waals surface area contributed by atoms with Crippen molar-refractivity contribution in [3.8, 4) is 5.75 Å². The lowest BCUT2D eigenvalue weighted by Gasteiger charge is -2.13. The summed E-state index contributed by atoms with van der Waals surface area (Å²) in [6, 6.07) is 4.20. The van der Waals surface area contributed by atoms with E-state index in [1.54, 1.807) is 6.92 Å². The number of nitro benzene ring substituents is 1. The second-order valence-electron chi connectivity index (χ2n) is 4.96. The van der Waals surface area contributed by atoms with Gasteiger partial charge in [0.2, 0.25) is 5.75 Å². The first-order valence-electron chi connectivity index (χ1n) is 6.91. The minimum Gasteiger partial charge on any atom is -0.487 e. The number of carbonyl (C=O) groups excluding carboxylic acids is 1. The van der Waals surface area contributed by atoms with Crippen LogP contribution in [0, 0.1) is 16.0 Å². The van der Waals surface area contributed by atoms with Gasteiger partial charge >= 0.3 is 5.69 Å². The third kappa shape index (κ3) is 3.69. The predicted molar refractivity (Wildman–Crippen MR) is 75.3 cm³/mol. The van der Waals surface area contributed by atoms with Crippen LogP contribution in [0.3, 0.4) is 0 Å². The highest BCUT2D eigenvalue weighted by Gasteiger charge is 2.30. The molecule has 7 nitrogen and oxygen atoms in total. The molecule has 0 aliphatic heterocycles. The number of nitro groups is 1. The molecular formula is C14H18N2O5. The summed E-state index contributed by atoms with van der Waals surface area (Å²) < 4.78 is 5.25. The Morgan fingerprint density at radius 1 is 1.57 bits per heavy atom. The Balaban J connectivity index is 2.14. The van der Waals surface area contributed by atoms with Gasteiger partial charge in [0.25, 0.3) is 5.91 Å². The van der Waals surface area contributed by atoms with Crippen molar-refractivity contribution in [2.45, 2.75) is 25.9 Å². The molecule has 0 spiro atoms. The fraction of sp³-hybridized carbons (Fsp3) is 0.500. The van der Waals surface area contributed by atoms with Crippen molar-refractivity contribution in [1.82, 2.24) is 5.32 Å². The van der Waals surface area contributed by atoms with Gasteiger partial charge in [-0.2, -0.15) is 0 Å². The number of amides is 1. The van der Waals surface area contributed by atoms with Crippen molar-refractivity contribution >= 4 is 11.6 Å². The maximum Gasteiger partial charge on any atom is 0.311 e. The summed E-state index contributed by atoms with van der Waals surface area (Å²) in [6.45, 7) is 2.04. The van der Waals surface area contributed by atoms with Crippen molar-refractivity contribution in [2.75, 3.05) is 13.2 Å². The summed E-state index contributed by atoms with van der Waals surface area (Å²) in [5.41, 5.74) is -0.138. The van der Waals surface area contributed by atoms with Crippen molar-refractivity contribution < 1.29 is 19.6 Å². The van der Waals surface area contributed by atoms with E-state index in [0.717, 1.165) is 12.8 Å². The van der Waals surface area contributed by atoms with Gasteiger partial charge in [0.1, 0.15) is 0 Å². The van der Waals surface area contributed by atoms with Crippen LogP contribution in [0.1, 0.15) is 30.1 Å². The fourth-order valence-corrected chi connectivity index (χ4v) is 2.08. The van der Waals surface area contributed by atoms with Crippen LogP contribution in [0.15, 0.2) is 18.2 Å². The fourth-order valence-electron chi connectivity index (χ4n) is 2.08. The molecule has 0 saturated heterocycles. The van der Waals surface area contributed by atoms with Crippen molar-refractivity contribution in [3.05, 3.63) is 33.9 Å². The molecule has 1 amide bonds. The van der Waals surface area contributed by atoms with Crippen LogP contribution in [-0.2, 0) is 0 Å². The predicted octanol–water partition coefficient (Wildman–Crippen LogP) is 1.49. The van der Waals surface area contributed by atoms with E-state index in [1.807, 2.05) is 0 Å². The van der Waals surface area contributed by atoms with Gasteiger partial charge in [0.15, 0.2) is 0 Å². The maximum atomic E-state index is 12.1. The standard InChI is InChI=1S/C14H18N2O5/c1-2-21-13-10(4-3-5-11(13)16(19)20)14(18)15-8-12(17)9-6-7-9/h3-5,9,12,17H,2,6-8H2,1H3,(H,15,18). The van der Waals surface area contributed by atoms with Gasteiger partial charge in [-0.05, 0) is 31.7 Å². The summed E-state index contributed by atoms with van der Waals surface area (Å²) >= 11 is 0. The Labute approximate surface area is 122 Å². The van der Waals surface area contributed by atoms with E-state index in [9.17, 15) is 20.0 Å². The highest BCUT2D eigenvalue weighted by Crippen LogP contribution is 2.33. The summed E-state index contributed by atoms with van der Waals surface area (Å²) in [6.07, 6.45) is 1.37. The average Bonchev–Trinajstić information content (AvgIpc) is 3.29. The highest BCUT2D eigenvalue weighted by molar-refractivity contribution is 5.98. The number of hydrogen-bond donors (Lipinski definition) is 2. The molecule has 1 fully saturated rings. The number of aliphatic hydroxyl groups excluding tert-OH is 1. The first-order chi connectivity index (χ1) is 10.0. The zero-order chi connectivity index (χ0) is 15.4. The molecule has 0 radical (unpaired) electrons. The van der Waals surface area contributed by atoms with Crippen LogP contribution in [0.25, 0.3) is 0 Å². The number of nitrogens with one attached hydrogen (secondary N) is 1. The first-order valence-corrected chi connectivity index (χ1v) is 6.91. The molecule has 1 aliphatic rings. The van der Waals surface area contributed by atoms with Gasteiger partial charge < -0.3 is 15.2 Å². The second kappa shape index (κ2) is 6.53. The van der Waals surface area contributed by atoms with Crippen LogP contribution >= 0.6 is 0 Å². The van der Waals surface area contributed by atoms with Crippen LogP contribution in [0.2, 0.25) is 0 Å². The Morgan fingerprint density at radius 3 is 2.86 bits per heavy atom. The normalized spacial score (nSPS) is 15.3. The van der Waals surface area contributed by atoms with Gasteiger partial charge in [0.05, 0.1) is 23.2 Å². The van der Waals surface area contributed by atoms with Gasteiger partial charge in [-0.15, -0.1) is 0 Å². The summed E-state index contributed by atoms with van der Waals surface area (Å²) in [7, 11) is 0. The maximum absolute atomic E-state index is 12.1. The molecule has 0 heterocycles. The van der Waals surface area contributed by atoms with Crippen LogP contribution in [0.4, 0.5) is 5.69 Å². The topological polar surface area (TPSA) is 102 Å². The smallest absolute Gasteiger partial charge is 0.311 e. The molecule has 0 bridgehead atoms. The van der Waals surface area contributed by atoms with Crippen molar-refractivity contribution in [2.24, 2.45) is 5.92 Å². The van der Waals surface area contributed by atoms with Crippen molar-refractivity contribution in [3.63, 3.8) is 0 Å². The van der Waals surface area contributed by atoms with Crippen LogP contribution in [-0.4, -0.2) is 35.2 Å². The number of benzene rings is 1. The molecule has 21 heavy (non-hydrogen) atoms. The Hall–Kier alpha value is -2.15. The molecule has 1 atom stereocenters. The molecule has 2 rings (SSSR count). The van der Waals surface area contributed by atoms with E-state index in [0.29, 0.717) is 0 Å². The summed E-state index contributed by atoms with van der Waals surface area (Å²) in [5, 5.41) is 23.3. The molecule has 1 aromatic carbocycles. The van der Waals surface area contributed by atoms with E-state index >= 15 is 0 Å². The van der Waals surface area contributed by atoms with Gasteiger partial charge in [-0.3, -0.25) is 14.9 Å². The molecule has 7 heteroatoms. The average molecular weight is 294 g/mol. The number of hydrogen-bond acceptors (Lipinski definition) is 5. The minimum atomic E-state index is -0.583. The van der Waals surface area contributed by atoms with E-state index in [4.69, 9.17) is 4.74 Å². The SMILES string of the molecule is CCOc1c(C(=O)NCC(O)C2CC2)cccc1[N+](=O)[O-]. The van der Waals surface area contributed by atoms with Crippen molar-refractivity contribution in [1.29, 1.82) is 0 Å². The van der Waals surface area contributed by atoms with Gasteiger partial charge in [0, 0.05) is 12.6 Å². The lowest BCUT2D eigenvalue weighted by Crippen LogP contribution is -2.33. The van der Waals surface area contributed by atoms with Gasteiger partial charge in [-0.25, -0.2) is 0 Å². The molecule has 1 aromatic rings. The third-order valence-corrected chi connectivity index (χ3v) is 3.36. The third-order valence-electron chi connectivity index (χ3n) is 3.36. The van der Waals surface area contributed by atoms with E-state index in [-0.39, 0.29) is 36.1 Å². The number of para-hydroxylation sites is 1. The van der Waals surface area contributed by atoms with Crippen LogP contribution in [0.5, 0.6) is 5.75 Å². The molecule has 1 saturated carbocycles. The number of aliphatic hydroxyl groups is 1. The van der Waals surface area contributed by atoms with E-state index in [1.165, 1.54) is 18.2 Å². The first kappa shape index (κ1) is 15.2. The number of ether oxygens (including phenoxy) is 1. The van der Waals surface area contributed by atoms with E-state index < -0.39 is 16.9 Å². The highest BCUT2D eigenvalue weighted by atomic mass is 16.6. The molecule has 1 unspecified atom stereocenters. The monoisotopic (exact) mass is 294 g/mol. The summed E-state index contributed by atoms with van der Waals surface area (Å²) in [4.78, 5) is 22.5. The Bertz CT molecular complexity index is 542. The molecule has 114 valence electrons. The zero-order valence-electron chi connectivity index (χ0n) is 11.7. The van der Waals surface area contributed by atoms with E-state index in [2.05, 4.69) is 5.32 Å². The molecule has 1 aliphatic carbocycles. The van der Waals surface area contributed by atoms with Gasteiger partial charge in [-0.1, -0.05) is 6.07 Å². The number of carbonyl (C=O) groups is 1. The molecule has 0 aromatic heterocycles. The lowest BCUT2D eigenvalue weighted by atomic mass is 10.1. The number of nitrogens with zero attached hydrogens (tertiary/aromatic N) is 1. The minimum absolute atomic E-state index is 0.0385. The second-order valence-corrected chi connectivity index (χ2v) is 4.96. The van der Waals surface area contributed by atoms with Crippen LogP contribution < -0.4 is 10.1 Å².